The first-order valence-electron chi connectivity index (χ1n) is 34.2. The highest BCUT2D eigenvalue weighted by atomic mass is 127. The second kappa shape index (κ2) is 38.2. The van der Waals surface area contributed by atoms with E-state index in [1.165, 1.54) is 42.2 Å². The van der Waals surface area contributed by atoms with E-state index in [0.717, 1.165) is 10.5 Å². The first-order chi connectivity index (χ1) is 51.4. The minimum Gasteiger partial charge on any atom is -0.508 e. The average molecular weight is 1650 g/mol. The van der Waals surface area contributed by atoms with Gasteiger partial charge in [-0.05, 0) is 140 Å². The molecule has 584 valence electrons. The summed E-state index contributed by atoms with van der Waals surface area (Å²) in [7, 11) is 0. The lowest BCUT2D eigenvalue weighted by atomic mass is 9.77. The lowest BCUT2D eigenvalue weighted by Crippen LogP contribution is -2.60. The third-order valence-corrected chi connectivity index (χ3v) is 18.5. The summed E-state index contributed by atoms with van der Waals surface area (Å²) in [6.45, 7) is 5.26. The number of nitrogens with two attached hydrogens (primary N) is 2. The Balaban J connectivity index is 0.935. The zero-order chi connectivity index (χ0) is 80.3. The number of rotatable bonds is 37. The monoisotopic (exact) mass is 1650 g/mol. The molecule has 0 radical (unpaired) electrons. The molecule has 0 bridgehead atoms. The van der Waals surface area contributed by atoms with Crippen LogP contribution in [0.2, 0.25) is 0 Å². The third-order valence-electron chi connectivity index (χ3n) is 17.6. The molecule has 1 saturated heterocycles. The first kappa shape index (κ1) is 84.5. The maximum atomic E-state index is 14.3. The van der Waals surface area contributed by atoms with Crippen LogP contribution in [0.3, 0.4) is 0 Å². The zero-order valence-electron chi connectivity index (χ0n) is 59.2. The van der Waals surface area contributed by atoms with E-state index < -0.39 is 200 Å². The number of hydrogen-bond donors (Lipinski definition) is 18. The molecule has 4 aromatic rings. The quantitative estimate of drug-likeness (QED) is 0.0109. The number of unbranched alkanes of at least 4 members (excludes halogenated alkanes) is 1. The molecule has 3 heterocycles. The van der Waals surface area contributed by atoms with Crippen molar-refractivity contribution >= 4 is 140 Å². The fourth-order valence-electron chi connectivity index (χ4n) is 12.2. The van der Waals surface area contributed by atoms with Gasteiger partial charge in [0.15, 0.2) is 10.7 Å². The number of carbonyl (C=O) groups is 16. The van der Waals surface area contributed by atoms with Crippen LogP contribution in [-0.2, 0) is 88.7 Å². The Hall–Kier alpha value is -11.8. The van der Waals surface area contributed by atoms with Crippen molar-refractivity contribution in [2.24, 2.45) is 17.4 Å². The summed E-state index contributed by atoms with van der Waals surface area (Å²) in [5, 5.41) is 76.7. The number of amides is 12. The normalized spacial score (nSPS) is 15.7. The molecular weight excluding hydrogens is 1560 g/mol. The van der Waals surface area contributed by atoms with Crippen LogP contribution in [0.25, 0.3) is 0 Å². The molecule has 0 aromatic heterocycles. The summed E-state index contributed by atoms with van der Waals surface area (Å²) < 4.78 is 12.9. The van der Waals surface area contributed by atoms with Gasteiger partial charge in [0.1, 0.15) is 77.4 Å². The number of aromatic hydroxyl groups is 2. The van der Waals surface area contributed by atoms with Gasteiger partial charge in [0.2, 0.25) is 70.9 Å². The van der Waals surface area contributed by atoms with Crippen LogP contribution < -0.4 is 74.7 Å². The molecule has 20 N–H and O–H groups in total. The van der Waals surface area contributed by atoms with Gasteiger partial charge in [-0.15, -0.1) is 0 Å². The first-order valence-corrected chi connectivity index (χ1v) is 35.7. The summed E-state index contributed by atoms with van der Waals surface area (Å²) in [5.74, 6) is -18.4. The number of ether oxygens (including phenoxy) is 2. The number of carboxylic acid groups (broad SMARTS) is 3. The van der Waals surface area contributed by atoms with Gasteiger partial charge < -0.3 is 110 Å². The van der Waals surface area contributed by atoms with Crippen molar-refractivity contribution in [3.8, 4) is 23.0 Å². The van der Waals surface area contributed by atoms with Gasteiger partial charge in [0.05, 0.1) is 31.4 Å². The summed E-state index contributed by atoms with van der Waals surface area (Å²) in [4.78, 5) is 212. The molecule has 9 atom stereocenters. The largest absolute Gasteiger partial charge is 0.508 e. The smallest absolute Gasteiger partial charge is 0.340 e. The highest BCUT2D eigenvalue weighted by Gasteiger charge is 2.54. The fourth-order valence-corrected chi connectivity index (χ4v) is 12.8. The summed E-state index contributed by atoms with van der Waals surface area (Å²) in [6, 6.07) is 5.02. The molecule has 4 aromatic carbocycles. The van der Waals surface area contributed by atoms with Crippen molar-refractivity contribution in [3.05, 3.63) is 110 Å². The number of hydrogen-bond acceptors (Lipinski definition) is 21. The molecule has 0 unspecified atom stereocenters. The van der Waals surface area contributed by atoms with Gasteiger partial charge in [-0.3, -0.25) is 71.9 Å². The molecule has 12 amide bonds. The van der Waals surface area contributed by atoms with Gasteiger partial charge in [0.25, 0.3) is 0 Å². The Bertz CT molecular complexity index is 4190. The van der Waals surface area contributed by atoms with Crippen molar-refractivity contribution in [3.63, 3.8) is 0 Å². The van der Waals surface area contributed by atoms with E-state index in [1.54, 1.807) is 62.4 Å². The number of carbonyl (C=O) groups excluding carboxylic acids is 13. The minimum absolute atomic E-state index is 0.110. The van der Waals surface area contributed by atoms with Gasteiger partial charge >= 0.3 is 23.9 Å². The Morgan fingerprint density at radius 1 is 0.615 bits per heavy atom. The fraction of sp³-hybridized carbons (Fsp3) is 0.414. The van der Waals surface area contributed by atoms with E-state index in [9.17, 15) is 102 Å². The number of primary amides is 2. The molecule has 37 nitrogen and oxygen atoms in total. The van der Waals surface area contributed by atoms with Crippen LogP contribution in [-0.4, -0.2) is 204 Å². The van der Waals surface area contributed by atoms with Crippen LogP contribution in [0.4, 0.5) is 5.69 Å². The van der Waals surface area contributed by atoms with Crippen LogP contribution in [0.1, 0.15) is 125 Å². The Morgan fingerprint density at radius 3 is 1.68 bits per heavy atom. The number of esters is 1. The molecular formula is C70H83IN14O23S. The van der Waals surface area contributed by atoms with Gasteiger partial charge in [-0.2, -0.15) is 0 Å². The van der Waals surface area contributed by atoms with Crippen molar-refractivity contribution in [1.29, 1.82) is 0 Å². The third kappa shape index (κ3) is 23.1. The highest BCUT2D eigenvalue weighted by molar-refractivity contribution is 14.1. The van der Waals surface area contributed by atoms with E-state index in [-0.39, 0.29) is 71.9 Å². The molecule has 1 fully saturated rings. The number of nitrogens with one attached hydrogen (secondary N) is 11. The van der Waals surface area contributed by atoms with E-state index in [4.69, 9.17) is 33.2 Å². The number of carboxylic acids is 3. The van der Waals surface area contributed by atoms with Crippen LogP contribution >= 0.6 is 34.8 Å². The van der Waals surface area contributed by atoms with E-state index in [0.29, 0.717) is 40.8 Å². The van der Waals surface area contributed by atoms with Gasteiger partial charge in [0, 0.05) is 70.9 Å². The second-order valence-electron chi connectivity index (χ2n) is 26.2. The standard InChI is InChI=1S/C70H83IN14O23S/c1-32(2)58(77-34(4)86)67(105)85-23-7-9-50(85)66(104)75-31-54(90)79-45(20-21-53(72)89)61(99)82-46(24-35-10-12-36(71)13-11-35)63(101)84-49(30-57(95)96)65(103)83-47(28-55(91)92)62(100)76-33(3)60(98)81-48(29-56(93)94)64(102)80-44(59(73)97)8-5-6-22-74-69(109)78-37-14-17-41-40(25-37)68(106)108-70(41)42-18-15-38(87)26-51(42)107-52-27-39(88)16-19-43(52)70/h10-19,25-27,32-33,44-50,58,87-88H,5-9,20-24,28-31H2,1-4H3,(H2,72,89)(H2,73,97)(H,75,104)(H,76,100)(H,77,86)(H,79,90)(H,80,102)(H,81,98)(H,82,99)(H,83,103)(H,84,101)(H,91,92)(H,93,94)(H,95,96)(H2,74,78,109)/t33-,44-,45-,46-,47-,48-,49-,50-,58-/m0/s1. The maximum absolute atomic E-state index is 14.3. The van der Waals surface area contributed by atoms with E-state index in [2.05, 4.69) is 53.2 Å². The van der Waals surface area contributed by atoms with Crippen molar-refractivity contribution in [2.75, 3.05) is 25.0 Å². The number of benzene rings is 4. The molecule has 0 saturated carbocycles. The number of fused-ring (bicyclic) bond motifs is 6. The number of thiocarbonyl (C=S) groups is 1. The average Bonchev–Trinajstić information content (AvgIpc) is 1.59. The summed E-state index contributed by atoms with van der Waals surface area (Å²) in [5.41, 5.74) is 11.7. The molecule has 7 rings (SSSR count). The second-order valence-corrected chi connectivity index (χ2v) is 27.8. The minimum atomic E-state index is -2.16. The SMILES string of the molecule is CC(=O)N[C@H](C(=O)N1CCC[C@H]1C(=O)NCC(=O)N[C@@H](CCC(N)=O)C(=O)N[C@@H](Cc1ccc(I)cc1)C(=O)N[C@@H](CC(=O)O)C(=O)N[C@@H](CC(=O)O)C(=O)N[C@@H](C)C(=O)N[C@@H](CC(=O)O)C(=O)N[C@@H](CCCCNC(=S)Nc1ccc2c(c1)C(=O)OC21c2ccc(O)cc2Oc2cc(O)ccc21)C(N)=O)C(C)C. The number of likely N-dealkylation sites (tertiary alicyclic amines) is 1. The Kier molecular flexibility index (Phi) is 29.6. The topological polar surface area (TPSA) is 580 Å². The van der Waals surface area contributed by atoms with Gasteiger partial charge in [-0.1, -0.05) is 32.0 Å². The number of phenols is 2. The molecule has 3 aliphatic heterocycles. The van der Waals surface area contributed by atoms with E-state index >= 15 is 0 Å². The number of aliphatic carboxylic acids is 3. The Morgan fingerprint density at radius 2 is 1.14 bits per heavy atom. The summed E-state index contributed by atoms with van der Waals surface area (Å²) in [6.07, 6.45) is -3.96. The van der Waals surface area contributed by atoms with Crippen LogP contribution in [0, 0.1) is 9.49 Å². The molecule has 0 aliphatic carbocycles. The summed E-state index contributed by atoms with van der Waals surface area (Å²) >= 11 is 7.49. The predicted octanol–water partition coefficient (Wildman–Crippen LogP) is -1.17. The van der Waals surface area contributed by atoms with Crippen molar-refractivity contribution in [2.45, 2.75) is 158 Å². The maximum Gasteiger partial charge on any atom is 0.340 e. The predicted molar refractivity (Wildman–Crippen MR) is 393 cm³/mol. The van der Waals surface area contributed by atoms with Crippen LogP contribution in [0.15, 0.2) is 78.9 Å². The van der Waals surface area contributed by atoms with Crippen LogP contribution in [0.5, 0.6) is 23.0 Å². The molecule has 109 heavy (non-hydrogen) atoms. The molecule has 3 aliphatic rings. The highest BCUT2D eigenvalue weighted by Crippen LogP contribution is 2.57. The zero-order valence-corrected chi connectivity index (χ0v) is 62.1. The number of nitrogens with zero attached hydrogens (tertiary/aromatic N) is 1. The molecule has 39 heteroatoms. The number of anilines is 1. The lowest BCUT2D eigenvalue weighted by Gasteiger charge is -2.36. The van der Waals surface area contributed by atoms with Crippen molar-refractivity contribution < 1.29 is 112 Å². The van der Waals surface area contributed by atoms with E-state index in [1.807, 2.05) is 27.9 Å². The Labute approximate surface area is 640 Å². The lowest BCUT2D eigenvalue weighted by molar-refractivity contribution is -0.143. The number of phenolic OH excluding ortho intramolecular Hbond substituents is 2. The molecule has 1 spiro atoms. The van der Waals surface area contributed by atoms with Crippen molar-refractivity contribution in [1.82, 2.24) is 58.1 Å². The number of halogens is 1. The van der Waals surface area contributed by atoms with Gasteiger partial charge in [-0.25, -0.2) is 4.79 Å².